The van der Waals surface area contributed by atoms with Crippen LogP contribution in [0.25, 0.3) is 0 Å². The molecule has 0 aliphatic rings. The van der Waals surface area contributed by atoms with E-state index in [0.717, 1.165) is 0 Å². The maximum atomic E-state index is 12.8. The van der Waals surface area contributed by atoms with Crippen LogP contribution >= 0.6 is 0 Å². The predicted molar refractivity (Wildman–Crippen MR) is 66.8 cm³/mol. The number of aliphatic hydroxyl groups is 1. The number of rotatable bonds is 5. The predicted octanol–water partition coefficient (Wildman–Crippen LogP) is -0.164. The molecule has 2 rings (SSSR count). The number of halogens is 1. The van der Waals surface area contributed by atoms with Crippen LogP contribution in [0.5, 0.6) is 0 Å². The van der Waals surface area contributed by atoms with Crippen molar-refractivity contribution in [3.63, 3.8) is 0 Å². The minimum Gasteiger partial charge on any atom is -0.384 e. The van der Waals surface area contributed by atoms with Gasteiger partial charge in [0, 0.05) is 0 Å². The molecule has 1 atom stereocenters. The van der Waals surface area contributed by atoms with Gasteiger partial charge in [-0.05, 0) is 35.0 Å². The molecule has 0 radical (unpaired) electrons. The number of benzene rings is 1. The number of amides is 1. The van der Waals surface area contributed by atoms with Crippen LogP contribution in [0.4, 0.5) is 4.39 Å². The van der Waals surface area contributed by atoms with E-state index in [1.807, 2.05) is 0 Å². The highest BCUT2D eigenvalue weighted by Gasteiger charge is 2.23. The standard InChI is InChI=1S/C12H14FN5O2/c1-12(20,9-2-4-10(13)5-3-9)7-14-11(19)6-18-8-15-16-17-18/h2-5,8,20H,6-7H2,1H3,(H,14,19). The van der Waals surface area contributed by atoms with Crippen molar-refractivity contribution in [3.8, 4) is 0 Å². The lowest BCUT2D eigenvalue weighted by atomic mass is 9.96. The van der Waals surface area contributed by atoms with E-state index in [-0.39, 0.29) is 24.8 Å². The lowest BCUT2D eigenvalue weighted by Crippen LogP contribution is -2.40. The van der Waals surface area contributed by atoms with Gasteiger partial charge in [0.2, 0.25) is 5.91 Å². The first-order valence-corrected chi connectivity index (χ1v) is 5.93. The van der Waals surface area contributed by atoms with Gasteiger partial charge >= 0.3 is 0 Å². The summed E-state index contributed by atoms with van der Waals surface area (Å²) in [6.07, 6.45) is 1.32. The van der Waals surface area contributed by atoms with Crippen LogP contribution in [-0.4, -0.2) is 37.8 Å². The second kappa shape index (κ2) is 5.74. The maximum absolute atomic E-state index is 12.8. The molecule has 0 aliphatic heterocycles. The van der Waals surface area contributed by atoms with E-state index in [1.165, 1.54) is 42.2 Å². The van der Waals surface area contributed by atoms with Crippen LogP contribution in [0, 0.1) is 5.82 Å². The van der Waals surface area contributed by atoms with E-state index in [4.69, 9.17) is 0 Å². The largest absolute Gasteiger partial charge is 0.384 e. The van der Waals surface area contributed by atoms with E-state index >= 15 is 0 Å². The molecule has 0 spiro atoms. The van der Waals surface area contributed by atoms with Crippen molar-refractivity contribution in [2.45, 2.75) is 19.1 Å². The Labute approximate surface area is 114 Å². The number of aromatic nitrogens is 4. The Morgan fingerprint density at radius 2 is 2.15 bits per heavy atom. The third-order valence-corrected chi connectivity index (χ3v) is 2.79. The average Bonchev–Trinajstić information content (AvgIpc) is 2.90. The third kappa shape index (κ3) is 3.58. The van der Waals surface area contributed by atoms with Gasteiger partial charge in [0.05, 0.1) is 6.54 Å². The molecule has 1 heterocycles. The Kier molecular flexibility index (Phi) is 4.04. The molecule has 7 nitrogen and oxygen atoms in total. The van der Waals surface area contributed by atoms with E-state index in [0.29, 0.717) is 5.56 Å². The zero-order valence-electron chi connectivity index (χ0n) is 10.8. The molecule has 1 amide bonds. The van der Waals surface area contributed by atoms with Gasteiger partial charge in [-0.2, -0.15) is 0 Å². The molecule has 1 aromatic carbocycles. The highest BCUT2D eigenvalue weighted by molar-refractivity contribution is 5.75. The molecule has 0 fully saturated rings. The number of tetrazole rings is 1. The Morgan fingerprint density at radius 3 is 2.75 bits per heavy atom. The van der Waals surface area contributed by atoms with Gasteiger partial charge in [0.15, 0.2) is 0 Å². The van der Waals surface area contributed by atoms with Crippen molar-refractivity contribution in [1.82, 2.24) is 25.5 Å². The highest BCUT2D eigenvalue weighted by atomic mass is 19.1. The van der Waals surface area contributed by atoms with Gasteiger partial charge in [-0.1, -0.05) is 12.1 Å². The maximum Gasteiger partial charge on any atom is 0.241 e. The summed E-state index contributed by atoms with van der Waals surface area (Å²) in [4.78, 5) is 11.6. The summed E-state index contributed by atoms with van der Waals surface area (Å²) in [6, 6.07) is 5.46. The number of nitrogens with zero attached hydrogens (tertiary/aromatic N) is 4. The average molecular weight is 279 g/mol. The first kappa shape index (κ1) is 14.1. The molecule has 1 aromatic heterocycles. The van der Waals surface area contributed by atoms with Crippen LogP contribution in [0.1, 0.15) is 12.5 Å². The lowest BCUT2D eigenvalue weighted by molar-refractivity contribution is -0.123. The Hall–Kier alpha value is -2.35. The van der Waals surface area contributed by atoms with Gasteiger partial charge in [0.1, 0.15) is 24.3 Å². The van der Waals surface area contributed by atoms with E-state index in [1.54, 1.807) is 0 Å². The second-order valence-electron chi connectivity index (χ2n) is 4.56. The lowest BCUT2D eigenvalue weighted by Gasteiger charge is -2.24. The molecular formula is C12H14FN5O2. The molecule has 1 unspecified atom stereocenters. The van der Waals surface area contributed by atoms with Crippen LogP contribution < -0.4 is 5.32 Å². The zero-order valence-corrected chi connectivity index (χ0v) is 10.8. The fourth-order valence-corrected chi connectivity index (χ4v) is 1.64. The Morgan fingerprint density at radius 1 is 1.45 bits per heavy atom. The third-order valence-electron chi connectivity index (χ3n) is 2.79. The first-order chi connectivity index (χ1) is 9.47. The molecule has 20 heavy (non-hydrogen) atoms. The molecule has 2 N–H and O–H groups in total. The van der Waals surface area contributed by atoms with E-state index < -0.39 is 5.60 Å². The Balaban J connectivity index is 1.91. The summed E-state index contributed by atoms with van der Waals surface area (Å²) in [5, 5.41) is 23.2. The monoisotopic (exact) mass is 279 g/mol. The molecule has 0 saturated carbocycles. The van der Waals surface area contributed by atoms with Crippen molar-refractivity contribution < 1.29 is 14.3 Å². The fraction of sp³-hybridized carbons (Fsp3) is 0.333. The second-order valence-corrected chi connectivity index (χ2v) is 4.56. The summed E-state index contributed by atoms with van der Waals surface area (Å²) in [5.74, 6) is -0.716. The van der Waals surface area contributed by atoms with Crippen LogP contribution in [0.2, 0.25) is 0 Å². The van der Waals surface area contributed by atoms with Crippen molar-refractivity contribution in [1.29, 1.82) is 0 Å². The summed E-state index contributed by atoms with van der Waals surface area (Å²) in [6.45, 7) is 1.50. The van der Waals surface area contributed by atoms with Gasteiger partial charge in [-0.15, -0.1) is 5.10 Å². The molecule has 0 aliphatic carbocycles. The van der Waals surface area contributed by atoms with Crippen LogP contribution in [-0.2, 0) is 16.9 Å². The SMILES string of the molecule is CC(O)(CNC(=O)Cn1cnnn1)c1ccc(F)cc1. The molecule has 0 bridgehead atoms. The summed E-state index contributed by atoms with van der Waals surface area (Å²) >= 11 is 0. The molecular weight excluding hydrogens is 265 g/mol. The molecule has 2 aromatic rings. The number of hydrogen-bond donors (Lipinski definition) is 2. The van der Waals surface area contributed by atoms with E-state index in [9.17, 15) is 14.3 Å². The van der Waals surface area contributed by atoms with Gasteiger partial charge < -0.3 is 10.4 Å². The van der Waals surface area contributed by atoms with Crippen LogP contribution in [0.15, 0.2) is 30.6 Å². The fourth-order valence-electron chi connectivity index (χ4n) is 1.64. The minimum absolute atomic E-state index is 0.000405. The van der Waals surface area contributed by atoms with Crippen molar-refractivity contribution >= 4 is 5.91 Å². The number of hydrogen-bond acceptors (Lipinski definition) is 5. The summed E-state index contributed by atoms with van der Waals surface area (Å²) in [7, 11) is 0. The number of carbonyl (C=O) groups excluding carboxylic acids is 1. The smallest absolute Gasteiger partial charge is 0.241 e. The minimum atomic E-state index is -1.29. The number of carbonyl (C=O) groups is 1. The summed E-state index contributed by atoms with van der Waals surface area (Å²) in [5.41, 5.74) is -0.772. The van der Waals surface area contributed by atoms with Crippen molar-refractivity contribution in [2.24, 2.45) is 0 Å². The van der Waals surface area contributed by atoms with E-state index in [2.05, 4.69) is 20.8 Å². The molecule has 8 heteroatoms. The summed E-state index contributed by atoms with van der Waals surface area (Å²) < 4.78 is 14.1. The zero-order chi connectivity index (χ0) is 14.6. The van der Waals surface area contributed by atoms with Gasteiger partial charge in [0.25, 0.3) is 0 Å². The molecule has 106 valence electrons. The number of nitrogens with one attached hydrogen (secondary N) is 1. The van der Waals surface area contributed by atoms with Gasteiger partial charge in [-0.25, -0.2) is 9.07 Å². The topological polar surface area (TPSA) is 92.9 Å². The van der Waals surface area contributed by atoms with Crippen molar-refractivity contribution in [3.05, 3.63) is 42.0 Å². The molecule has 0 saturated heterocycles. The Bertz CT molecular complexity index is 568. The van der Waals surface area contributed by atoms with Gasteiger partial charge in [-0.3, -0.25) is 4.79 Å². The quantitative estimate of drug-likeness (QED) is 0.793. The first-order valence-electron chi connectivity index (χ1n) is 5.93. The van der Waals surface area contributed by atoms with Crippen LogP contribution in [0.3, 0.4) is 0 Å². The normalized spacial score (nSPS) is 13.8. The van der Waals surface area contributed by atoms with Crippen molar-refractivity contribution in [2.75, 3.05) is 6.54 Å². The highest BCUT2D eigenvalue weighted by Crippen LogP contribution is 2.19.